The molecule has 7 heteroatoms. The van der Waals surface area contributed by atoms with Gasteiger partial charge in [0.05, 0.1) is 5.02 Å². The van der Waals surface area contributed by atoms with Crippen molar-refractivity contribution in [1.82, 2.24) is 4.98 Å². The summed E-state index contributed by atoms with van der Waals surface area (Å²) in [7, 11) is 0. The number of pyridine rings is 1. The predicted molar refractivity (Wildman–Crippen MR) is 102 cm³/mol. The molecule has 2 aliphatic rings. The Morgan fingerprint density at radius 3 is 2.81 bits per heavy atom. The highest BCUT2D eigenvalue weighted by Gasteiger charge is 2.18. The molecule has 0 N–H and O–H groups in total. The van der Waals surface area contributed by atoms with Gasteiger partial charge in [-0.3, -0.25) is 0 Å². The van der Waals surface area contributed by atoms with Crippen molar-refractivity contribution in [3.05, 3.63) is 46.7 Å². The van der Waals surface area contributed by atoms with Gasteiger partial charge in [-0.25, -0.2) is 9.78 Å². The lowest BCUT2D eigenvalue weighted by molar-refractivity contribution is 0.0465. The number of rotatable bonds is 4. The maximum atomic E-state index is 12.4. The lowest BCUT2D eigenvalue weighted by Gasteiger charge is -2.28. The van der Waals surface area contributed by atoms with E-state index in [1.165, 1.54) is 19.3 Å². The highest BCUT2D eigenvalue weighted by Crippen LogP contribution is 2.38. The number of hydrogen-bond donors (Lipinski definition) is 0. The Hall–Kier alpha value is -2.47. The van der Waals surface area contributed by atoms with E-state index in [4.69, 9.17) is 25.8 Å². The third-order valence-electron chi connectivity index (χ3n) is 4.70. The summed E-state index contributed by atoms with van der Waals surface area (Å²) in [6, 6.07) is 7.23. The van der Waals surface area contributed by atoms with Crippen LogP contribution in [0.4, 0.5) is 5.69 Å². The van der Waals surface area contributed by atoms with E-state index in [-0.39, 0.29) is 6.61 Å². The van der Waals surface area contributed by atoms with Crippen molar-refractivity contribution in [2.75, 3.05) is 31.2 Å². The number of halogens is 1. The van der Waals surface area contributed by atoms with Gasteiger partial charge in [0, 0.05) is 25.0 Å². The molecule has 0 amide bonds. The van der Waals surface area contributed by atoms with Gasteiger partial charge in [-0.2, -0.15) is 0 Å². The molecule has 142 valence electrons. The van der Waals surface area contributed by atoms with Gasteiger partial charge in [-0.15, -0.1) is 0 Å². The smallest absolute Gasteiger partial charge is 0.357 e. The average molecular weight is 389 g/mol. The Morgan fingerprint density at radius 2 is 1.96 bits per heavy atom. The molecule has 1 fully saturated rings. The number of aromatic nitrogens is 1. The lowest BCUT2D eigenvalue weighted by atomic mass is 10.1. The summed E-state index contributed by atoms with van der Waals surface area (Å²) in [5.74, 6) is 0.652. The monoisotopic (exact) mass is 388 g/mol. The summed E-state index contributed by atoms with van der Waals surface area (Å²) >= 11 is 6.22. The molecule has 2 aliphatic heterocycles. The van der Waals surface area contributed by atoms with E-state index in [0.29, 0.717) is 35.4 Å². The van der Waals surface area contributed by atoms with Gasteiger partial charge in [0.2, 0.25) is 0 Å². The topological polar surface area (TPSA) is 60.9 Å². The molecule has 0 radical (unpaired) electrons. The molecule has 27 heavy (non-hydrogen) atoms. The van der Waals surface area contributed by atoms with Gasteiger partial charge in [0.1, 0.15) is 25.5 Å². The van der Waals surface area contributed by atoms with Gasteiger partial charge < -0.3 is 19.1 Å². The van der Waals surface area contributed by atoms with Crippen molar-refractivity contribution in [3.8, 4) is 11.5 Å². The summed E-state index contributed by atoms with van der Waals surface area (Å²) in [6.07, 6.45) is 5.26. The molecule has 2 aromatic rings. The van der Waals surface area contributed by atoms with Crippen LogP contribution in [0.2, 0.25) is 5.02 Å². The number of piperidine rings is 1. The molecule has 0 unspecified atom stereocenters. The fourth-order valence-corrected chi connectivity index (χ4v) is 3.64. The number of carbonyl (C=O) groups excluding carboxylic acids is 1. The minimum absolute atomic E-state index is 0.0881. The second-order valence-corrected chi connectivity index (χ2v) is 7.03. The lowest BCUT2D eigenvalue weighted by Crippen LogP contribution is -2.29. The average Bonchev–Trinajstić information content (AvgIpc) is 2.73. The van der Waals surface area contributed by atoms with Crippen molar-refractivity contribution < 1.29 is 19.0 Å². The van der Waals surface area contributed by atoms with Crippen molar-refractivity contribution in [2.45, 2.75) is 25.9 Å². The van der Waals surface area contributed by atoms with Crippen LogP contribution in [-0.4, -0.2) is 37.3 Å². The molecule has 4 rings (SSSR count). The largest absolute Gasteiger partial charge is 0.486 e. The highest BCUT2D eigenvalue weighted by atomic mass is 35.5. The Morgan fingerprint density at radius 1 is 1.15 bits per heavy atom. The first kappa shape index (κ1) is 17.9. The summed E-state index contributed by atoms with van der Waals surface area (Å²) in [5.41, 5.74) is 2.06. The minimum Gasteiger partial charge on any atom is -0.486 e. The normalized spacial score (nSPS) is 16.1. The Labute approximate surface area is 163 Å². The van der Waals surface area contributed by atoms with E-state index < -0.39 is 5.97 Å². The number of anilines is 1. The zero-order valence-electron chi connectivity index (χ0n) is 14.9. The van der Waals surface area contributed by atoms with Crippen LogP contribution in [0.25, 0.3) is 0 Å². The number of nitrogens with zero attached hydrogens (tertiary/aromatic N) is 2. The number of carbonyl (C=O) groups is 1. The molecule has 1 saturated heterocycles. The maximum absolute atomic E-state index is 12.4. The summed E-state index contributed by atoms with van der Waals surface area (Å²) in [4.78, 5) is 18.9. The molecule has 0 saturated carbocycles. The Kier molecular flexibility index (Phi) is 5.34. The first-order valence-electron chi connectivity index (χ1n) is 9.17. The van der Waals surface area contributed by atoms with Gasteiger partial charge in [-0.1, -0.05) is 11.6 Å². The van der Waals surface area contributed by atoms with E-state index in [9.17, 15) is 4.79 Å². The van der Waals surface area contributed by atoms with Crippen LogP contribution < -0.4 is 14.4 Å². The summed E-state index contributed by atoms with van der Waals surface area (Å²) in [6.45, 7) is 3.05. The van der Waals surface area contributed by atoms with Crippen molar-refractivity contribution in [3.63, 3.8) is 0 Å². The second-order valence-electron chi connectivity index (χ2n) is 6.62. The van der Waals surface area contributed by atoms with E-state index in [2.05, 4.69) is 9.88 Å². The summed E-state index contributed by atoms with van der Waals surface area (Å²) in [5, 5.41) is 0.448. The number of hydrogen-bond acceptors (Lipinski definition) is 6. The zero-order valence-corrected chi connectivity index (χ0v) is 15.7. The fourth-order valence-electron chi connectivity index (χ4n) is 3.35. The van der Waals surface area contributed by atoms with Crippen LogP contribution in [-0.2, 0) is 11.3 Å². The molecule has 1 aromatic carbocycles. The highest BCUT2D eigenvalue weighted by molar-refractivity contribution is 6.32. The second kappa shape index (κ2) is 8.05. The number of fused-ring (bicyclic) bond motifs is 1. The minimum atomic E-state index is -0.458. The van der Waals surface area contributed by atoms with Crippen molar-refractivity contribution in [2.24, 2.45) is 0 Å². The molecule has 0 bridgehead atoms. The molecule has 3 heterocycles. The van der Waals surface area contributed by atoms with Gasteiger partial charge >= 0.3 is 5.97 Å². The first-order chi connectivity index (χ1) is 13.2. The maximum Gasteiger partial charge on any atom is 0.357 e. The first-order valence-corrected chi connectivity index (χ1v) is 9.54. The van der Waals surface area contributed by atoms with E-state index in [1.807, 2.05) is 6.07 Å². The molecule has 0 spiro atoms. The van der Waals surface area contributed by atoms with Crippen LogP contribution in [0.5, 0.6) is 11.5 Å². The van der Waals surface area contributed by atoms with E-state index in [1.54, 1.807) is 24.4 Å². The van der Waals surface area contributed by atoms with Gasteiger partial charge in [-0.05, 0) is 49.1 Å². The van der Waals surface area contributed by atoms with Crippen LogP contribution in [0, 0.1) is 0 Å². The molecular formula is C20H21ClN2O4. The fraction of sp³-hybridized carbons (Fsp3) is 0.400. The predicted octanol–water partition coefficient (Wildman–Crippen LogP) is 3.85. The molecular weight excluding hydrogens is 368 g/mol. The van der Waals surface area contributed by atoms with Crippen LogP contribution in [0.15, 0.2) is 30.5 Å². The number of benzene rings is 1. The Bertz CT molecular complexity index is 837. The molecule has 0 aliphatic carbocycles. The number of esters is 1. The van der Waals surface area contributed by atoms with Gasteiger partial charge in [0.25, 0.3) is 0 Å². The van der Waals surface area contributed by atoms with Crippen LogP contribution >= 0.6 is 11.6 Å². The number of ether oxygens (including phenoxy) is 3. The standard InChI is InChI=1S/C20H21ClN2O4/c21-16-10-14(11-18-19(16)26-9-8-25-18)13-27-20(24)17-12-15(4-5-22-17)23-6-2-1-3-7-23/h4-5,10-12H,1-3,6-9,13H2. The van der Waals surface area contributed by atoms with Gasteiger partial charge in [0.15, 0.2) is 11.5 Å². The summed E-state index contributed by atoms with van der Waals surface area (Å²) < 4.78 is 16.5. The van der Waals surface area contributed by atoms with Crippen LogP contribution in [0.1, 0.15) is 35.3 Å². The van der Waals surface area contributed by atoms with Crippen molar-refractivity contribution in [1.29, 1.82) is 0 Å². The zero-order chi connectivity index (χ0) is 18.6. The Balaban J connectivity index is 1.43. The third-order valence-corrected chi connectivity index (χ3v) is 4.98. The third kappa shape index (κ3) is 4.11. The quantitative estimate of drug-likeness (QED) is 0.741. The molecule has 6 nitrogen and oxygen atoms in total. The molecule has 1 aromatic heterocycles. The molecule has 0 atom stereocenters. The SMILES string of the molecule is O=C(OCc1cc(Cl)c2c(c1)OCCO2)c1cc(N2CCCCC2)ccn1. The van der Waals surface area contributed by atoms with E-state index in [0.717, 1.165) is 24.3 Å². The van der Waals surface area contributed by atoms with Crippen LogP contribution in [0.3, 0.4) is 0 Å². The van der Waals surface area contributed by atoms with Crippen molar-refractivity contribution >= 4 is 23.3 Å². The van der Waals surface area contributed by atoms with E-state index >= 15 is 0 Å².